The number of nitrogens with zero attached hydrogens (tertiary/aromatic N) is 4. The van der Waals surface area contributed by atoms with Gasteiger partial charge < -0.3 is 9.80 Å². The molecule has 0 radical (unpaired) electrons. The van der Waals surface area contributed by atoms with Crippen LogP contribution < -0.4 is 4.90 Å². The van der Waals surface area contributed by atoms with E-state index in [2.05, 4.69) is 20.9 Å². The molecule has 1 aromatic heterocycles. The van der Waals surface area contributed by atoms with Gasteiger partial charge in [-0.2, -0.15) is 5.26 Å². The number of hydrogen-bond acceptors (Lipinski definition) is 4. The van der Waals surface area contributed by atoms with Gasteiger partial charge in [-0.1, -0.05) is 12.1 Å². The largest absolute Gasteiger partial charge is 0.356 e. The molecule has 3 fully saturated rings. The Labute approximate surface area is 176 Å². The Kier molecular flexibility index (Phi) is 4.90. The summed E-state index contributed by atoms with van der Waals surface area (Å²) in [6.45, 7) is 1.71. The molecule has 30 heavy (non-hydrogen) atoms. The molecule has 5 rings (SSSR count). The Hall–Kier alpha value is -2.94. The fourth-order valence-electron chi connectivity index (χ4n) is 5.77. The van der Waals surface area contributed by atoms with Crippen LogP contribution in [0.1, 0.15) is 36.8 Å². The van der Waals surface area contributed by atoms with Crippen LogP contribution >= 0.6 is 0 Å². The second kappa shape index (κ2) is 7.71. The van der Waals surface area contributed by atoms with Crippen LogP contribution in [-0.2, 0) is 11.2 Å². The van der Waals surface area contributed by atoms with Crippen molar-refractivity contribution in [3.63, 3.8) is 0 Å². The van der Waals surface area contributed by atoms with Crippen LogP contribution in [0, 0.1) is 29.0 Å². The zero-order valence-corrected chi connectivity index (χ0v) is 16.9. The molecule has 0 unspecified atom stereocenters. The molecule has 4 atom stereocenters. The summed E-state index contributed by atoms with van der Waals surface area (Å²) in [5, 5.41) is 9.05. The number of hydrogen-bond donors (Lipinski definition) is 0. The van der Waals surface area contributed by atoms with Crippen LogP contribution in [0.5, 0.6) is 0 Å². The lowest BCUT2D eigenvalue weighted by Crippen LogP contribution is -2.65. The third-order valence-corrected chi connectivity index (χ3v) is 7.03. The number of carbonyl (C=O) groups is 1. The van der Waals surface area contributed by atoms with E-state index in [4.69, 9.17) is 5.26 Å². The number of pyridine rings is 1. The molecule has 0 saturated carbocycles. The number of nitriles is 1. The zero-order chi connectivity index (χ0) is 20.7. The predicted molar refractivity (Wildman–Crippen MR) is 111 cm³/mol. The summed E-state index contributed by atoms with van der Waals surface area (Å²) in [5.74, 6) is 1.67. The van der Waals surface area contributed by atoms with Gasteiger partial charge in [-0.3, -0.25) is 4.79 Å². The maximum atomic E-state index is 13.8. The van der Waals surface area contributed by atoms with E-state index in [9.17, 15) is 9.18 Å². The van der Waals surface area contributed by atoms with Gasteiger partial charge in [0.2, 0.25) is 5.91 Å². The molecule has 6 heteroatoms. The number of halogens is 1. The molecule has 0 aliphatic carbocycles. The number of fused-ring (bicyclic) bond motifs is 4. The SMILES string of the molecule is N#Cc1ccc(N2C[C@H]3C[C@@H](C2)[C@H](Cc2cccc(F)c2)N2C(=O)CCC[C@@H]32)nc1. The second-order valence-corrected chi connectivity index (χ2v) is 8.84. The quantitative estimate of drug-likeness (QED) is 0.785. The molecule has 2 bridgehead atoms. The summed E-state index contributed by atoms with van der Waals surface area (Å²) in [5.41, 5.74) is 1.51. The van der Waals surface area contributed by atoms with Crippen LogP contribution in [0.2, 0.25) is 0 Å². The normalized spacial score (nSPS) is 28.1. The van der Waals surface area contributed by atoms with E-state index in [0.717, 1.165) is 43.7 Å². The molecule has 1 amide bonds. The molecule has 0 spiro atoms. The highest BCUT2D eigenvalue weighted by molar-refractivity contribution is 5.78. The number of piperidine rings is 3. The average Bonchev–Trinajstić information content (AvgIpc) is 2.77. The smallest absolute Gasteiger partial charge is 0.223 e. The molecule has 1 aromatic carbocycles. The summed E-state index contributed by atoms with van der Waals surface area (Å²) in [6.07, 6.45) is 6.02. The van der Waals surface area contributed by atoms with Crippen LogP contribution in [0.15, 0.2) is 42.6 Å². The molecule has 5 nitrogen and oxygen atoms in total. The van der Waals surface area contributed by atoms with Crippen molar-refractivity contribution in [2.75, 3.05) is 18.0 Å². The Bertz CT molecular complexity index is 985. The summed E-state index contributed by atoms with van der Waals surface area (Å²) in [6, 6.07) is 13.0. The lowest BCUT2D eigenvalue weighted by Gasteiger charge is -2.57. The van der Waals surface area contributed by atoms with Gasteiger partial charge in [-0.25, -0.2) is 9.37 Å². The summed E-state index contributed by atoms with van der Waals surface area (Å²) in [7, 11) is 0. The second-order valence-electron chi connectivity index (χ2n) is 8.84. The fraction of sp³-hybridized carbons (Fsp3) is 0.458. The van der Waals surface area contributed by atoms with E-state index in [1.165, 1.54) is 6.07 Å². The van der Waals surface area contributed by atoms with E-state index < -0.39 is 0 Å². The van der Waals surface area contributed by atoms with E-state index in [1.807, 2.05) is 18.2 Å². The molecular weight excluding hydrogens is 379 g/mol. The highest BCUT2D eigenvalue weighted by atomic mass is 19.1. The van der Waals surface area contributed by atoms with Crippen molar-refractivity contribution in [3.05, 3.63) is 59.5 Å². The van der Waals surface area contributed by atoms with Crippen molar-refractivity contribution < 1.29 is 9.18 Å². The Morgan fingerprint density at radius 2 is 2.07 bits per heavy atom. The van der Waals surface area contributed by atoms with Gasteiger partial charge >= 0.3 is 0 Å². The summed E-state index contributed by atoms with van der Waals surface area (Å²) < 4.78 is 13.8. The lowest BCUT2D eigenvalue weighted by atomic mass is 9.70. The molecule has 2 aromatic rings. The van der Waals surface area contributed by atoms with E-state index in [-0.39, 0.29) is 23.8 Å². The van der Waals surface area contributed by atoms with E-state index >= 15 is 0 Å². The monoisotopic (exact) mass is 404 g/mol. The number of amides is 1. The van der Waals surface area contributed by atoms with Gasteiger partial charge in [0, 0.05) is 37.8 Å². The number of aromatic nitrogens is 1. The molecule has 3 saturated heterocycles. The van der Waals surface area contributed by atoms with Crippen molar-refractivity contribution in [2.45, 2.75) is 44.2 Å². The predicted octanol–water partition coefficient (Wildman–Crippen LogP) is 3.54. The highest BCUT2D eigenvalue weighted by Crippen LogP contribution is 2.43. The highest BCUT2D eigenvalue weighted by Gasteiger charge is 2.49. The molecule has 3 aliphatic heterocycles. The van der Waals surface area contributed by atoms with Gasteiger partial charge in [0.1, 0.15) is 17.7 Å². The van der Waals surface area contributed by atoms with Crippen molar-refractivity contribution in [3.8, 4) is 6.07 Å². The van der Waals surface area contributed by atoms with Crippen molar-refractivity contribution >= 4 is 11.7 Å². The Morgan fingerprint density at radius 3 is 2.83 bits per heavy atom. The maximum absolute atomic E-state index is 13.8. The lowest BCUT2D eigenvalue weighted by molar-refractivity contribution is -0.148. The van der Waals surface area contributed by atoms with Crippen molar-refractivity contribution in [2.24, 2.45) is 11.8 Å². The number of anilines is 1. The standard InChI is InChI=1S/C24H25FN4O/c25-20-4-1-3-16(9-20)10-22-19-11-18(21-5-2-6-24(30)29(21)22)14-28(15-19)23-8-7-17(12-26)13-27-23/h1,3-4,7-9,13,18-19,21-22H,2,5-6,10-11,14-15H2/t18-,19+,21+,22+/m1/s1. The Morgan fingerprint density at radius 1 is 1.20 bits per heavy atom. The average molecular weight is 404 g/mol. The minimum absolute atomic E-state index is 0.0852. The molecule has 3 aliphatic rings. The van der Waals surface area contributed by atoms with Crippen molar-refractivity contribution in [1.82, 2.24) is 9.88 Å². The number of rotatable bonds is 3. The number of carbonyl (C=O) groups excluding carboxylic acids is 1. The van der Waals surface area contributed by atoms with E-state index in [1.54, 1.807) is 18.3 Å². The van der Waals surface area contributed by atoms with Crippen LogP contribution in [0.4, 0.5) is 10.2 Å². The summed E-state index contributed by atoms with van der Waals surface area (Å²) in [4.78, 5) is 21.9. The third-order valence-electron chi connectivity index (χ3n) is 7.03. The fourth-order valence-corrected chi connectivity index (χ4v) is 5.77. The van der Waals surface area contributed by atoms with Gasteiger partial charge in [-0.15, -0.1) is 0 Å². The van der Waals surface area contributed by atoms with Crippen LogP contribution in [-0.4, -0.2) is 41.0 Å². The third kappa shape index (κ3) is 3.43. The molecular formula is C24H25FN4O. The first-order valence-electron chi connectivity index (χ1n) is 10.8. The first-order valence-corrected chi connectivity index (χ1v) is 10.8. The minimum atomic E-state index is -0.227. The molecule has 0 N–H and O–H groups in total. The van der Waals surface area contributed by atoms with Gasteiger partial charge in [0.25, 0.3) is 0 Å². The van der Waals surface area contributed by atoms with Crippen LogP contribution in [0.3, 0.4) is 0 Å². The first-order chi connectivity index (χ1) is 14.6. The zero-order valence-electron chi connectivity index (χ0n) is 16.9. The summed E-state index contributed by atoms with van der Waals surface area (Å²) >= 11 is 0. The first kappa shape index (κ1) is 19.0. The van der Waals surface area contributed by atoms with Gasteiger partial charge in [0.15, 0.2) is 0 Å². The molecule has 154 valence electrons. The van der Waals surface area contributed by atoms with Gasteiger partial charge in [-0.05, 0) is 67.3 Å². The van der Waals surface area contributed by atoms with Crippen LogP contribution in [0.25, 0.3) is 0 Å². The Balaban J connectivity index is 1.45. The van der Waals surface area contributed by atoms with E-state index in [0.29, 0.717) is 30.2 Å². The topological polar surface area (TPSA) is 60.2 Å². The maximum Gasteiger partial charge on any atom is 0.223 e. The van der Waals surface area contributed by atoms with Gasteiger partial charge in [0.05, 0.1) is 5.56 Å². The molecule has 4 heterocycles. The van der Waals surface area contributed by atoms with Crippen molar-refractivity contribution in [1.29, 1.82) is 5.26 Å². The minimum Gasteiger partial charge on any atom is -0.356 e. The number of benzene rings is 1.